The molecule has 3 rings (SSSR count). The minimum Gasteiger partial charge on any atom is -0.354 e. The minimum atomic E-state index is -0.226. The van der Waals surface area contributed by atoms with E-state index in [1.165, 1.54) is 10.9 Å². The fraction of sp³-hybridized carbons (Fsp3) is 0.350. The highest BCUT2D eigenvalue weighted by molar-refractivity contribution is 7.09. The number of benzene rings is 1. The molecule has 0 fully saturated rings. The van der Waals surface area contributed by atoms with E-state index >= 15 is 0 Å². The third-order valence-corrected chi connectivity index (χ3v) is 5.14. The van der Waals surface area contributed by atoms with Gasteiger partial charge in [0.1, 0.15) is 18.0 Å². The molecule has 0 atom stereocenters. The summed E-state index contributed by atoms with van der Waals surface area (Å²) in [6, 6.07) is 10.8. The van der Waals surface area contributed by atoms with Crippen molar-refractivity contribution < 1.29 is 4.39 Å². The van der Waals surface area contributed by atoms with E-state index < -0.39 is 0 Å². The van der Waals surface area contributed by atoms with E-state index in [1.54, 1.807) is 29.8 Å². The summed E-state index contributed by atoms with van der Waals surface area (Å²) in [5.41, 5.74) is 0.903. The fourth-order valence-electron chi connectivity index (χ4n) is 2.88. The highest BCUT2D eigenvalue weighted by atomic mass is 32.1. The second-order valence-corrected chi connectivity index (χ2v) is 7.46. The summed E-state index contributed by atoms with van der Waals surface area (Å²) in [6.07, 6.45) is 2.60. The smallest absolute Gasteiger partial charge is 0.194 e. The SMILES string of the molecule is CCc1nncn1CCNC(=NCc1cccs1)N(C)Cc1cccc(F)c1. The summed E-state index contributed by atoms with van der Waals surface area (Å²) >= 11 is 1.69. The van der Waals surface area contributed by atoms with Crippen LogP contribution in [-0.4, -0.2) is 39.2 Å². The number of aryl methyl sites for hydroxylation is 1. The van der Waals surface area contributed by atoms with Gasteiger partial charge in [-0.1, -0.05) is 25.1 Å². The fourth-order valence-corrected chi connectivity index (χ4v) is 3.51. The largest absolute Gasteiger partial charge is 0.354 e. The maximum Gasteiger partial charge on any atom is 0.194 e. The van der Waals surface area contributed by atoms with Crippen molar-refractivity contribution in [3.63, 3.8) is 0 Å². The van der Waals surface area contributed by atoms with Crippen molar-refractivity contribution in [2.24, 2.45) is 4.99 Å². The molecular weight excluding hydrogens is 375 g/mol. The van der Waals surface area contributed by atoms with Crippen LogP contribution in [-0.2, 0) is 26.1 Å². The lowest BCUT2D eigenvalue weighted by molar-refractivity contribution is 0.468. The molecule has 0 unspecified atom stereocenters. The summed E-state index contributed by atoms with van der Waals surface area (Å²) < 4.78 is 15.5. The van der Waals surface area contributed by atoms with Gasteiger partial charge in [0, 0.05) is 38.0 Å². The van der Waals surface area contributed by atoms with Gasteiger partial charge in [-0.25, -0.2) is 9.38 Å². The maximum atomic E-state index is 13.5. The Bertz CT molecular complexity index is 890. The van der Waals surface area contributed by atoms with Gasteiger partial charge in [-0.15, -0.1) is 21.5 Å². The number of aliphatic imine (C=N–C) groups is 1. The maximum absolute atomic E-state index is 13.5. The molecule has 148 valence electrons. The lowest BCUT2D eigenvalue weighted by atomic mass is 10.2. The third kappa shape index (κ3) is 5.63. The van der Waals surface area contributed by atoms with Crippen LogP contribution in [0.15, 0.2) is 53.1 Å². The Morgan fingerprint density at radius 2 is 2.21 bits per heavy atom. The highest BCUT2D eigenvalue weighted by Gasteiger charge is 2.09. The number of hydrogen-bond donors (Lipinski definition) is 1. The van der Waals surface area contributed by atoms with Crippen molar-refractivity contribution in [2.75, 3.05) is 13.6 Å². The van der Waals surface area contributed by atoms with Crippen molar-refractivity contribution in [1.29, 1.82) is 0 Å². The van der Waals surface area contributed by atoms with Crippen molar-refractivity contribution in [2.45, 2.75) is 33.0 Å². The molecule has 0 spiro atoms. The van der Waals surface area contributed by atoms with Crippen LogP contribution in [0.3, 0.4) is 0 Å². The van der Waals surface area contributed by atoms with Gasteiger partial charge in [0.15, 0.2) is 5.96 Å². The van der Waals surface area contributed by atoms with Gasteiger partial charge in [-0.2, -0.15) is 0 Å². The molecule has 0 bridgehead atoms. The molecule has 2 aromatic heterocycles. The number of halogens is 1. The molecule has 6 nitrogen and oxygen atoms in total. The number of guanidine groups is 1. The summed E-state index contributed by atoms with van der Waals surface area (Å²) in [7, 11) is 1.96. The number of thiophene rings is 1. The molecule has 0 aliphatic carbocycles. The van der Waals surface area contributed by atoms with Crippen LogP contribution in [0.25, 0.3) is 0 Å². The van der Waals surface area contributed by atoms with Gasteiger partial charge in [0.05, 0.1) is 6.54 Å². The zero-order valence-electron chi connectivity index (χ0n) is 16.2. The average Bonchev–Trinajstić information content (AvgIpc) is 3.36. The Morgan fingerprint density at radius 1 is 1.32 bits per heavy atom. The number of nitrogens with one attached hydrogen (secondary N) is 1. The summed E-state index contributed by atoms with van der Waals surface area (Å²) in [4.78, 5) is 7.96. The first kappa shape index (κ1) is 20.0. The Hall–Kier alpha value is -2.74. The molecule has 8 heteroatoms. The van der Waals surface area contributed by atoms with Gasteiger partial charge >= 0.3 is 0 Å². The first-order valence-electron chi connectivity index (χ1n) is 9.28. The Labute approximate surface area is 168 Å². The third-order valence-electron chi connectivity index (χ3n) is 4.28. The van der Waals surface area contributed by atoms with Crippen molar-refractivity contribution >= 4 is 17.3 Å². The van der Waals surface area contributed by atoms with Crippen molar-refractivity contribution in [3.05, 3.63) is 70.2 Å². The molecule has 2 heterocycles. The second-order valence-electron chi connectivity index (χ2n) is 6.43. The Balaban J connectivity index is 1.66. The van der Waals surface area contributed by atoms with E-state index in [4.69, 9.17) is 4.99 Å². The zero-order valence-corrected chi connectivity index (χ0v) is 17.0. The first-order chi connectivity index (χ1) is 13.7. The predicted molar refractivity (Wildman–Crippen MR) is 111 cm³/mol. The predicted octanol–water partition coefficient (Wildman–Crippen LogP) is 3.32. The lowest BCUT2D eigenvalue weighted by Crippen LogP contribution is -2.40. The first-order valence-corrected chi connectivity index (χ1v) is 10.2. The molecule has 28 heavy (non-hydrogen) atoms. The van der Waals surface area contributed by atoms with Crippen LogP contribution in [0.1, 0.15) is 23.2 Å². The van der Waals surface area contributed by atoms with E-state index in [2.05, 4.69) is 28.5 Å². The molecular formula is C20H25FN6S. The highest BCUT2D eigenvalue weighted by Crippen LogP contribution is 2.11. The van der Waals surface area contributed by atoms with Gasteiger partial charge in [0.2, 0.25) is 0 Å². The molecule has 0 radical (unpaired) electrons. The van der Waals surface area contributed by atoms with E-state index in [0.717, 1.165) is 30.3 Å². The average molecular weight is 401 g/mol. The number of hydrogen-bond acceptors (Lipinski definition) is 4. The van der Waals surface area contributed by atoms with Gasteiger partial charge in [0.25, 0.3) is 0 Å². The number of rotatable bonds is 8. The number of aromatic nitrogens is 3. The van der Waals surface area contributed by atoms with Gasteiger partial charge < -0.3 is 14.8 Å². The van der Waals surface area contributed by atoms with E-state index in [-0.39, 0.29) is 5.82 Å². The Kier molecular flexibility index (Phi) is 7.13. The topological polar surface area (TPSA) is 58.3 Å². The Morgan fingerprint density at radius 3 is 2.96 bits per heavy atom. The van der Waals surface area contributed by atoms with Crippen LogP contribution in [0.2, 0.25) is 0 Å². The molecule has 0 aliphatic heterocycles. The van der Waals surface area contributed by atoms with Crippen LogP contribution in [0.4, 0.5) is 4.39 Å². The van der Waals surface area contributed by atoms with Crippen LogP contribution in [0.5, 0.6) is 0 Å². The zero-order chi connectivity index (χ0) is 19.8. The normalized spacial score (nSPS) is 11.6. The molecule has 1 N–H and O–H groups in total. The second kappa shape index (κ2) is 9.98. The van der Waals surface area contributed by atoms with Crippen LogP contribution >= 0.6 is 11.3 Å². The lowest BCUT2D eigenvalue weighted by Gasteiger charge is -2.23. The summed E-state index contributed by atoms with van der Waals surface area (Å²) in [5.74, 6) is 1.52. The quantitative estimate of drug-likeness (QED) is 0.466. The molecule has 0 saturated heterocycles. The van der Waals surface area contributed by atoms with Crippen LogP contribution in [0, 0.1) is 5.82 Å². The molecule has 0 saturated carbocycles. The standard InChI is InChI=1S/C20H25FN6S/c1-3-19-25-24-15-27(19)10-9-22-20(23-13-18-8-5-11-28-18)26(2)14-16-6-4-7-17(21)12-16/h4-8,11-12,15H,3,9-10,13-14H2,1-2H3,(H,22,23). The van der Waals surface area contributed by atoms with Gasteiger partial charge in [-0.3, -0.25) is 0 Å². The number of nitrogens with zero attached hydrogens (tertiary/aromatic N) is 5. The molecule has 3 aromatic rings. The van der Waals surface area contributed by atoms with E-state index in [1.807, 2.05) is 34.0 Å². The molecule has 0 aliphatic rings. The van der Waals surface area contributed by atoms with Crippen molar-refractivity contribution in [3.8, 4) is 0 Å². The van der Waals surface area contributed by atoms with E-state index in [0.29, 0.717) is 19.6 Å². The van der Waals surface area contributed by atoms with Crippen molar-refractivity contribution in [1.82, 2.24) is 25.0 Å². The summed E-state index contributed by atoms with van der Waals surface area (Å²) in [6.45, 7) is 4.69. The molecule has 0 amide bonds. The summed E-state index contributed by atoms with van der Waals surface area (Å²) in [5, 5.41) is 13.5. The van der Waals surface area contributed by atoms with Gasteiger partial charge in [-0.05, 0) is 29.1 Å². The van der Waals surface area contributed by atoms with E-state index in [9.17, 15) is 4.39 Å². The monoisotopic (exact) mass is 400 g/mol. The minimum absolute atomic E-state index is 0.226. The molecule has 1 aromatic carbocycles. The van der Waals surface area contributed by atoms with Crippen LogP contribution < -0.4 is 5.32 Å².